The molecule has 22 nitrogen and oxygen atoms in total. The molecule has 0 radical (unpaired) electrons. The van der Waals surface area contributed by atoms with Crippen molar-refractivity contribution in [2.24, 2.45) is 11.7 Å². The molecule has 3 saturated heterocycles. The molecule has 0 amide bonds. The van der Waals surface area contributed by atoms with Crippen molar-refractivity contribution in [1.82, 2.24) is 39.0 Å². The fourth-order valence-electron chi connectivity index (χ4n) is 5.94. The first kappa shape index (κ1) is 32.5. The number of phosphoric ester groups is 1. The van der Waals surface area contributed by atoms with Crippen LogP contribution in [-0.4, -0.2) is 99.3 Å². The molecular weight excluding hydrogens is 688 g/mol. The SMILES string of the molecule is NCCC1C2OP(=O)(S)OC[C@H]3O[C@@H](n4cnc5c(N)ncnc54)[C@@H](O)C3OP(=O)(O)OC[C@H]1O[C@H]2n1cnc2c(=O)[nH]c(N)nc21. The van der Waals surface area contributed by atoms with Gasteiger partial charge in [-0.2, -0.15) is 4.98 Å². The van der Waals surface area contributed by atoms with Crippen LogP contribution in [0.3, 0.4) is 0 Å². The van der Waals surface area contributed by atoms with Crippen LogP contribution in [0.4, 0.5) is 11.8 Å². The van der Waals surface area contributed by atoms with Crippen molar-refractivity contribution < 1.29 is 46.7 Å². The predicted octanol–water partition coefficient (Wildman–Crippen LogP) is -0.800. The number of ether oxygens (including phenoxy) is 2. The minimum atomic E-state index is -4.96. The lowest BCUT2D eigenvalue weighted by Crippen LogP contribution is -2.36. The fourth-order valence-corrected chi connectivity index (χ4v) is 8.40. The molecule has 3 fully saturated rings. The Kier molecular flexibility index (Phi) is 8.38. The van der Waals surface area contributed by atoms with Gasteiger partial charge in [-0.3, -0.25) is 37.0 Å². The number of fused-ring (bicyclic) bond motifs is 5. The summed E-state index contributed by atoms with van der Waals surface area (Å²) in [5.41, 5.74) is 17.3. The normalized spacial score (nSPS) is 36.6. The number of aromatic nitrogens is 8. The van der Waals surface area contributed by atoms with Gasteiger partial charge in [-0.25, -0.2) is 29.1 Å². The molecule has 4 aromatic rings. The second-order valence-electron chi connectivity index (χ2n) is 10.9. The minimum Gasteiger partial charge on any atom is -0.386 e. The molecule has 0 saturated carbocycles. The first-order valence-electron chi connectivity index (χ1n) is 14.0. The topological polar surface area (TPSA) is 315 Å². The van der Waals surface area contributed by atoms with Crippen LogP contribution in [-0.2, 0) is 36.7 Å². The van der Waals surface area contributed by atoms with E-state index < -0.39 is 82.3 Å². The summed E-state index contributed by atoms with van der Waals surface area (Å²) in [6.45, 7) is -5.37. The Labute approximate surface area is 268 Å². The van der Waals surface area contributed by atoms with E-state index in [-0.39, 0.29) is 47.1 Å². The number of H-pyrrole nitrogens is 1. The van der Waals surface area contributed by atoms with Crippen LogP contribution < -0.4 is 22.8 Å². The van der Waals surface area contributed by atoms with Gasteiger partial charge in [0.15, 0.2) is 35.1 Å². The average Bonchev–Trinajstić information content (AvgIpc) is 3.76. The summed E-state index contributed by atoms with van der Waals surface area (Å²) >= 11 is 4.19. The average molecular weight is 718 g/mol. The van der Waals surface area contributed by atoms with E-state index in [1.807, 2.05) is 0 Å². The Hall–Kier alpha value is -3.05. The highest BCUT2D eigenvalue weighted by molar-refractivity contribution is 8.44. The Balaban J connectivity index is 1.23. The van der Waals surface area contributed by atoms with Crippen LogP contribution in [0, 0.1) is 5.92 Å². The molecule has 0 aromatic carbocycles. The molecule has 5 unspecified atom stereocenters. The van der Waals surface area contributed by atoms with Crippen molar-refractivity contribution in [3.8, 4) is 0 Å². The van der Waals surface area contributed by atoms with Gasteiger partial charge in [-0.05, 0) is 13.0 Å². The largest absolute Gasteiger partial charge is 0.472 e. The molecule has 3 aliphatic heterocycles. The summed E-state index contributed by atoms with van der Waals surface area (Å²) in [4.78, 5) is 46.0. The maximum absolute atomic E-state index is 13.8. The van der Waals surface area contributed by atoms with Gasteiger partial charge < -0.3 is 36.7 Å². The molecule has 10 atom stereocenters. The number of imidazole rings is 2. The Morgan fingerprint density at radius 3 is 2.43 bits per heavy atom. The van der Waals surface area contributed by atoms with Gasteiger partial charge in [0, 0.05) is 5.92 Å². The molecule has 3 aliphatic rings. The molecule has 4 aromatic heterocycles. The van der Waals surface area contributed by atoms with E-state index in [2.05, 4.69) is 42.2 Å². The van der Waals surface area contributed by atoms with Crippen molar-refractivity contribution in [3.05, 3.63) is 29.3 Å². The zero-order valence-electron chi connectivity index (χ0n) is 24.0. The van der Waals surface area contributed by atoms with Gasteiger partial charge in [0.2, 0.25) is 5.95 Å². The summed E-state index contributed by atoms with van der Waals surface area (Å²) in [6.07, 6.45) is -5.21. The number of hydrogen-bond donors (Lipinski definition) is 7. The maximum atomic E-state index is 13.8. The van der Waals surface area contributed by atoms with Gasteiger partial charge in [0.1, 0.15) is 36.3 Å². The minimum absolute atomic E-state index is 0.0198. The number of nitrogens with one attached hydrogen (secondary N) is 1. The maximum Gasteiger partial charge on any atom is 0.472 e. The number of phosphoric acid groups is 1. The van der Waals surface area contributed by atoms with Crippen LogP contribution in [0.15, 0.2) is 23.8 Å². The monoisotopic (exact) mass is 717 g/mol. The smallest absolute Gasteiger partial charge is 0.386 e. The number of nitrogens with zero attached hydrogens (tertiary/aromatic N) is 7. The van der Waals surface area contributed by atoms with Crippen LogP contribution >= 0.6 is 26.9 Å². The quantitative estimate of drug-likeness (QED) is 0.100. The molecule has 0 aliphatic carbocycles. The standard InChI is InChI=1S/C22H29N11O11P2S/c23-2-1-8-9-3-39-45(36,37)43-15-10(42-20(13(15)34)32-6-28-11-16(24)26-5-27-17(11)32)4-40-46(38,47)44-14(8)21(41-9)33-7-29-12-18(33)30-22(25)31-19(12)35/h5-10,13-15,20-21,34H,1-4,23H2,(H,36,37)(H,38,47)(H2,24,26,27)(H3,25,30,31,35)/t8?,9-,10-,13+,14?,15?,20-,21-,46?/m1/s1. The van der Waals surface area contributed by atoms with Crippen LogP contribution in [0.2, 0.25) is 0 Å². The number of nitrogens with two attached hydrogens (primary N) is 3. The Bertz CT molecular complexity index is 1980. The highest BCUT2D eigenvalue weighted by atomic mass is 32.7. The second kappa shape index (κ2) is 12.1. The van der Waals surface area contributed by atoms with E-state index in [9.17, 15) is 23.9 Å². The number of aromatic amines is 1. The van der Waals surface area contributed by atoms with Crippen molar-refractivity contribution in [2.45, 2.75) is 49.4 Å². The number of anilines is 2. The number of aliphatic hydroxyl groups excluding tert-OH is 1. The van der Waals surface area contributed by atoms with Gasteiger partial charge >= 0.3 is 14.6 Å². The summed E-state index contributed by atoms with van der Waals surface area (Å²) < 4.78 is 64.3. The molecule has 47 heavy (non-hydrogen) atoms. The Morgan fingerprint density at radius 2 is 1.66 bits per heavy atom. The number of nitrogen functional groups attached to an aromatic ring is 2. The molecule has 7 rings (SSSR count). The van der Waals surface area contributed by atoms with Crippen molar-refractivity contribution in [3.63, 3.8) is 0 Å². The van der Waals surface area contributed by atoms with Crippen molar-refractivity contribution >= 4 is 61.0 Å². The first-order chi connectivity index (χ1) is 22.4. The lowest BCUT2D eigenvalue weighted by molar-refractivity contribution is -0.0611. The van der Waals surface area contributed by atoms with Crippen LogP contribution in [0.25, 0.3) is 22.3 Å². The molecule has 0 spiro atoms. The van der Waals surface area contributed by atoms with Gasteiger partial charge in [-0.1, -0.05) is 12.2 Å². The third kappa shape index (κ3) is 5.96. The molecule has 254 valence electrons. The van der Waals surface area contributed by atoms with Gasteiger partial charge in [-0.15, -0.1) is 0 Å². The molecule has 7 heterocycles. The van der Waals surface area contributed by atoms with E-state index in [1.165, 1.54) is 28.1 Å². The van der Waals surface area contributed by atoms with Gasteiger partial charge in [0.05, 0.1) is 32.0 Å². The zero-order chi connectivity index (χ0) is 33.2. The lowest BCUT2D eigenvalue weighted by atomic mass is 9.94. The molecule has 2 bridgehead atoms. The highest BCUT2D eigenvalue weighted by Gasteiger charge is 2.53. The fraction of sp³-hybridized carbons (Fsp3) is 0.545. The Morgan fingerprint density at radius 1 is 0.957 bits per heavy atom. The van der Waals surface area contributed by atoms with E-state index in [1.54, 1.807) is 0 Å². The van der Waals surface area contributed by atoms with Gasteiger partial charge in [0.25, 0.3) is 5.56 Å². The van der Waals surface area contributed by atoms with Crippen molar-refractivity contribution in [1.29, 1.82) is 0 Å². The van der Waals surface area contributed by atoms with E-state index in [0.717, 1.165) is 0 Å². The first-order valence-corrected chi connectivity index (χ1v) is 18.2. The van der Waals surface area contributed by atoms with Crippen molar-refractivity contribution in [2.75, 3.05) is 31.2 Å². The molecular formula is C22H29N11O11P2S. The summed E-state index contributed by atoms with van der Waals surface area (Å²) in [7, 11) is -4.96. The predicted molar refractivity (Wildman–Crippen MR) is 161 cm³/mol. The summed E-state index contributed by atoms with van der Waals surface area (Å²) in [6, 6.07) is 0. The number of thiol groups is 1. The molecule has 25 heteroatoms. The summed E-state index contributed by atoms with van der Waals surface area (Å²) in [5, 5.41) is 11.3. The third-order valence-electron chi connectivity index (χ3n) is 8.00. The van der Waals surface area contributed by atoms with Crippen LogP contribution in [0.1, 0.15) is 18.9 Å². The van der Waals surface area contributed by atoms with E-state index in [4.69, 9.17) is 44.8 Å². The number of hydrogen-bond acceptors (Lipinski definition) is 18. The molecule has 9 N–H and O–H groups in total. The van der Waals surface area contributed by atoms with E-state index in [0.29, 0.717) is 0 Å². The summed E-state index contributed by atoms with van der Waals surface area (Å²) in [5.74, 6) is -0.850. The zero-order valence-corrected chi connectivity index (χ0v) is 26.6. The third-order valence-corrected chi connectivity index (χ3v) is 10.6. The van der Waals surface area contributed by atoms with Crippen LogP contribution in [0.5, 0.6) is 0 Å². The number of aliphatic hydroxyl groups is 1. The second-order valence-corrected chi connectivity index (χ2v) is 15.2. The lowest BCUT2D eigenvalue weighted by Gasteiger charge is -2.27. The highest BCUT2D eigenvalue weighted by Crippen LogP contribution is 2.59. The number of rotatable bonds is 4. The van der Waals surface area contributed by atoms with E-state index >= 15 is 0 Å².